The maximum Gasteiger partial charge on any atom is 0.168 e. The van der Waals surface area contributed by atoms with Gasteiger partial charge in [0.2, 0.25) is 0 Å². The summed E-state index contributed by atoms with van der Waals surface area (Å²) in [4.78, 5) is 0. The summed E-state index contributed by atoms with van der Waals surface area (Å²) in [6.45, 7) is 4.60. The zero-order valence-corrected chi connectivity index (χ0v) is 30.4. The Morgan fingerprint density at radius 2 is 0.727 bits per heavy atom. The molecule has 0 aliphatic heterocycles. The first-order valence-electron chi connectivity index (χ1n) is 20.0. The Kier molecular flexibility index (Phi) is 30.5. The van der Waals surface area contributed by atoms with Crippen LogP contribution in [-0.4, -0.2) is 0 Å². The number of aromatic nitrogens is 1. The van der Waals surface area contributed by atoms with Crippen LogP contribution >= 0.6 is 0 Å². The van der Waals surface area contributed by atoms with Crippen molar-refractivity contribution in [3.63, 3.8) is 0 Å². The Hall–Kier alpha value is -1.37. The van der Waals surface area contributed by atoms with E-state index in [-0.39, 0.29) is 0 Å². The van der Waals surface area contributed by atoms with Crippen molar-refractivity contribution in [1.82, 2.24) is 0 Å². The van der Waals surface area contributed by atoms with Gasteiger partial charge >= 0.3 is 0 Å². The molecule has 0 amide bonds. The molecule has 1 heteroatoms. The lowest BCUT2D eigenvalue weighted by molar-refractivity contribution is -0.671. The summed E-state index contributed by atoms with van der Waals surface area (Å²) in [7, 11) is 2.13. The van der Waals surface area contributed by atoms with Crippen molar-refractivity contribution in [3.8, 4) is 0 Å². The van der Waals surface area contributed by atoms with Crippen LogP contribution < -0.4 is 4.57 Å². The van der Waals surface area contributed by atoms with E-state index < -0.39 is 0 Å². The number of pyridine rings is 1. The number of rotatable bonds is 33. The summed E-state index contributed by atoms with van der Waals surface area (Å²) in [5.74, 6) is 0.754. The van der Waals surface area contributed by atoms with Crippen molar-refractivity contribution in [3.05, 3.63) is 54.4 Å². The summed E-state index contributed by atoms with van der Waals surface area (Å²) in [5.41, 5.74) is 1.57. The third-order valence-corrected chi connectivity index (χ3v) is 9.60. The number of aryl methyl sites for hydroxylation is 1. The maximum absolute atomic E-state index is 2.45. The Morgan fingerprint density at radius 3 is 1.07 bits per heavy atom. The van der Waals surface area contributed by atoms with E-state index in [1.807, 2.05) is 0 Å². The maximum atomic E-state index is 2.45. The Morgan fingerprint density at radius 1 is 0.432 bits per heavy atom. The van der Waals surface area contributed by atoms with E-state index in [0.29, 0.717) is 0 Å². The molecular weight excluding hydrogens is 530 g/mol. The van der Waals surface area contributed by atoms with Crippen molar-refractivity contribution in [2.24, 2.45) is 7.05 Å². The molecule has 0 saturated heterocycles. The lowest BCUT2D eigenvalue weighted by Crippen LogP contribution is -2.26. The van der Waals surface area contributed by atoms with Gasteiger partial charge in [0.25, 0.3) is 0 Å². The summed E-state index contributed by atoms with van der Waals surface area (Å²) in [5, 5.41) is 0. The first-order valence-corrected chi connectivity index (χ1v) is 20.0. The molecule has 1 aromatic rings. The van der Waals surface area contributed by atoms with Crippen LogP contribution in [0.5, 0.6) is 0 Å². The normalized spacial score (nSPS) is 12.6. The van der Waals surface area contributed by atoms with Crippen LogP contribution in [0.15, 0.2) is 48.8 Å². The minimum Gasteiger partial charge on any atom is -0.208 e. The topological polar surface area (TPSA) is 3.88 Å². The second kappa shape index (κ2) is 33.0. The van der Waals surface area contributed by atoms with E-state index in [1.54, 1.807) is 5.56 Å². The van der Waals surface area contributed by atoms with Gasteiger partial charge in [-0.2, -0.15) is 0 Å². The molecule has 1 rings (SSSR count). The second-order valence-electron chi connectivity index (χ2n) is 13.9. The fourth-order valence-corrected chi connectivity index (χ4v) is 6.54. The van der Waals surface area contributed by atoms with Gasteiger partial charge in [-0.15, -0.1) is 0 Å². The number of unbranched alkanes of at least 4 members (excludes halogenated alkanes) is 24. The van der Waals surface area contributed by atoms with Gasteiger partial charge in [-0.25, -0.2) is 4.57 Å². The number of nitrogens with zero attached hydrogens (tertiary/aromatic N) is 1. The van der Waals surface area contributed by atoms with Crippen LogP contribution in [0.4, 0.5) is 0 Å². The molecule has 0 aliphatic rings. The molecule has 0 spiro atoms. The highest BCUT2D eigenvalue weighted by Crippen LogP contribution is 2.28. The Balaban J connectivity index is 2.06. The van der Waals surface area contributed by atoms with Crippen LogP contribution in [0.3, 0.4) is 0 Å². The third kappa shape index (κ3) is 27.0. The third-order valence-electron chi connectivity index (χ3n) is 9.60. The van der Waals surface area contributed by atoms with Crippen molar-refractivity contribution >= 4 is 0 Å². The summed E-state index contributed by atoms with van der Waals surface area (Å²) < 4.78 is 2.17. The zero-order chi connectivity index (χ0) is 31.6. The van der Waals surface area contributed by atoms with Crippen LogP contribution in [-0.2, 0) is 7.05 Å². The Bertz CT molecular complexity index is 703. The highest BCUT2D eigenvalue weighted by atomic mass is 14.9. The van der Waals surface area contributed by atoms with Gasteiger partial charge < -0.3 is 0 Å². The number of allylic oxidation sites excluding steroid dienone is 4. The standard InChI is InChI=1S/C43H78N/c1-4-6-8-10-12-14-16-18-20-22-24-26-28-30-32-34-36-42(43-38-40-44(3)41-39-43)37-35-33-31-29-27-25-23-21-19-17-15-13-11-9-7-5-2/h18-21,38-42H,4-17,22-37H2,1-3H3/q+1. The molecule has 254 valence electrons. The SMILES string of the molecule is CCCCCCCCC=CCCCCCCCCC(CCCCCCCCC=CCCCCCCCC)c1cc[n+](C)cc1. The molecule has 0 atom stereocenters. The largest absolute Gasteiger partial charge is 0.208 e. The second-order valence-corrected chi connectivity index (χ2v) is 13.9. The molecular formula is C43H78N+. The summed E-state index contributed by atoms with van der Waals surface area (Å²) >= 11 is 0. The van der Waals surface area contributed by atoms with Crippen molar-refractivity contribution in [2.45, 2.75) is 212 Å². The molecule has 1 aromatic heterocycles. The average Bonchev–Trinajstić information content (AvgIpc) is 3.03. The number of hydrogen-bond acceptors (Lipinski definition) is 0. The molecule has 0 aromatic carbocycles. The van der Waals surface area contributed by atoms with E-state index in [4.69, 9.17) is 0 Å². The highest BCUT2D eigenvalue weighted by molar-refractivity contribution is 5.13. The van der Waals surface area contributed by atoms with E-state index in [9.17, 15) is 0 Å². The lowest BCUT2D eigenvalue weighted by atomic mass is 9.88. The fourth-order valence-electron chi connectivity index (χ4n) is 6.54. The van der Waals surface area contributed by atoms with Crippen LogP contribution in [0.2, 0.25) is 0 Å². The van der Waals surface area contributed by atoms with Gasteiger partial charge in [-0.05, 0) is 75.7 Å². The summed E-state index contributed by atoms with van der Waals surface area (Å²) in [6, 6.07) is 4.76. The van der Waals surface area contributed by atoms with Gasteiger partial charge in [0.1, 0.15) is 7.05 Å². The van der Waals surface area contributed by atoms with E-state index in [1.165, 1.54) is 193 Å². The molecule has 44 heavy (non-hydrogen) atoms. The predicted molar refractivity (Wildman–Crippen MR) is 198 cm³/mol. The van der Waals surface area contributed by atoms with Crippen LogP contribution in [0, 0.1) is 0 Å². The molecule has 0 fully saturated rings. The molecule has 0 bridgehead atoms. The van der Waals surface area contributed by atoms with Gasteiger partial charge in [0.05, 0.1) is 0 Å². The smallest absolute Gasteiger partial charge is 0.168 e. The minimum atomic E-state index is 0.754. The lowest BCUT2D eigenvalue weighted by Gasteiger charge is -2.17. The van der Waals surface area contributed by atoms with Gasteiger partial charge in [0.15, 0.2) is 12.4 Å². The fraction of sp³-hybridized carbons (Fsp3) is 0.791. The highest BCUT2D eigenvalue weighted by Gasteiger charge is 2.12. The first-order chi connectivity index (χ1) is 21.8. The van der Waals surface area contributed by atoms with Crippen molar-refractivity contribution in [2.75, 3.05) is 0 Å². The van der Waals surface area contributed by atoms with Crippen LogP contribution in [0.25, 0.3) is 0 Å². The quantitative estimate of drug-likeness (QED) is 0.0424. The van der Waals surface area contributed by atoms with E-state index in [2.05, 4.69) is 74.3 Å². The molecule has 0 aliphatic carbocycles. The molecule has 0 N–H and O–H groups in total. The monoisotopic (exact) mass is 609 g/mol. The summed E-state index contributed by atoms with van der Waals surface area (Å²) in [6.07, 6.45) is 56.0. The van der Waals surface area contributed by atoms with Gasteiger partial charge in [-0.1, -0.05) is 167 Å². The van der Waals surface area contributed by atoms with Gasteiger partial charge in [-0.3, -0.25) is 0 Å². The predicted octanol–water partition coefficient (Wildman–Crippen LogP) is 14.4. The van der Waals surface area contributed by atoms with Gasteiger partial charge in [0, 0.05) is 12.1 Å². The van der Waals surface area contributed by atoms with E-state index in [0.717, 1.165) is 5.92 Å². The minimum absolute atomic E-state index is 0.754. The average molecular weight is 609 g/mol. The zero-order valence-electron chi connectivity index (χ0n) is 30.4. The van der Waals surface area contributed by atoms with Crippen molar-refractivity contribution in [1.29, 1.82) is 0 Å². The van der Waals surface area contributed by atoms with E-state index >= 15 is 0 Å². The molecule has 1 nitrogen and oxygen atoms in total. The molecule has 0 unspecified atom stereocenters. The molecule has 0 radical (unpaired) electrons. The molecule has 0 saturated carbocycles. The number of hydrogen-bond donors (Lipinski definition) is 0. The first kappa shape index (κ1) is 40.7. The van der Waals surface area contributed by atoms with Crippen LogP contribution in [0.1, 0.15) is 218 Å². The Labute approximate surface area is 277 Å². The van der Waals surface area contributed by atoms with Crippen molar-refractivity contribution < 1.29 is 4.57 Å². The molecule has 1 heterocycles.